The van der Waals surface area contributed by atoms with Gasteiger partial charge in [0.25, 0.3) is 0 Å². The van der Waals surface area contributed by atoms with Gasteiger partial charge in [0.05, 0.1) is 0 Å². The van der Waals surface area contributed by atoms with Crippen molar-refractivity contribution in [3.8, 4) is 0 Å². The lowest BCUT2D eigenvalue weighted by Gasteiger charge is -2.10. The summed E-state index contributed by atoms with van der Waals surface area (Å²) in [6.07, 6.45) is 0.0944. The van der Waals surface area contributed by atoms with E-state index in [9.17, 15) is 13.6 Å². The molecule has 1 rings (SSSR count). The van der Waals surface area contributed by atoms with Gasteiger partial charge in [-0.2, -0.15) is 0 Å². The van der Waals surface area contributed by atoms with Crippen LogP contribution in [0.4, 0.5) is 8.78 Å². The number of rotatable bonds is 1. The molecule has 0 saturated heterocycles. The van der Waals surface area contributed by atoms with E-state index >= 15 is 0 Å². The molecule has 64 valence electrons. The Kier molecular flexibility index (Phi) is 2.11. The van der Waals surface area contributed by atoms with E-state index in [1.165, 1.54) is 6.92 Å². The summed E-state index contributed by atoms with van der Waals surface area (Å²) in [5.74, 6) is -2.79. The molecule has 0 heterocycles. The van der Waals surface area contributed by atoms with E-state index in [4.69, 9.17) is 0 Å². The molecule has 1 fully saturated rings. The van der Waals surface area contributed by atoms with Crippen LogP contribution in [0.3, 0.4) is 0 Å². The molecule has 1 unspecified atom stereocenters. The molecule has 11 heavy (non-hydrogen) atoms. The average Bonchev–Trinajstić information content (AvgIpc) is 2.08. The van der Waals surface area contributed by atoms with Crippen LogP contribution in [0.5, 0.6) is 0 Å². The molecule has 0 bridgehead atoms. The molecule has 1 atom stereocenters. The third-order valence-corrected chi connectivity index (χ3v) is 1.81. The molecule has 4 heteroatoms. The lowest BCUT2D eigenvalue weighted by atomic mass is 10.2. The van der Waals surface area contributed by atoms with Gasteiger partial charge in [-0.05, 0) is 6.42 Å². The standard InChI is InChI=1S/C7H11F2NO/c1-5(11)10-6-2-3-7(8,9)4-6/h6H,2-4H2,1H3,(H,10,11). The third kappa shape index (κ3) is 2.44. The Hall–Kier alpha value is -0.670. The molecule has 0 spiro atoms. The van der Waals surface area contributed by atoms with Crippen molar-refractivity contribution < 1.29 is 13.6 Å². The Bertz CT molecular complexity index is 170. The number of amides is 1. The molecule has 1 aliphatic rings. The van der Waals surface area contributed by atoms with E-state index in [-0.39, 0.29) is 24.8 Å². The molecule has 1 aliphatic carbocycles. The van der Waals surface area contributed by atoms with Gasteiger partial charge in [0.2, 0.25) is 11.8 Å². The highest BCUT2D eigenvalue weighted by atomic mass is 19.3. The maximum atomic E-state index is 12.5. The second kappa shape index (κ2) is 2.75. The van der Waals surface area contributed by atoms with Gasteiger partial charge in [-0.3, -0.25) is 4.79 Å². The number of hydrogen-bond donors (Lipinski definition) is 1. The number of nitrogens with one attached hydrogen (secondary N) is 1. The molecule has 1 amide bonds. The summed E-state index contributed by atoms with van der Waals surface area (Å²) in [5, 5.41) is 2.48. The van der Waals surface area contributed by atoms with Crippen molar-refractivity contribution in [1.29, 1.82) is 0 Å². The van der Waals surface area contributed by atoms with Crippen LogP contribution in [-0.4, -0.2) is 17.9 Å². The lowest BCUT2D eigenvalue weighted by molar-refractivity contribution is -0.119. The highest BCUT2D eigenvalue weighted by Crippen LogP contribution is 2.34. The molecule has 0 aromatic heterocycles. The van der Waals surface area contributed by atoms with Crippen molar-refractivity contribution in [3.63, 3.8) is 0 Å². The zero-order valence-corrected chi connectivity index (χ0v) is 6.36. The largest absolute Gasteiger partial charge is 0.353 e. The van der Waals surface area contributed by atoms with Gasteiger partial charge >= 0.3 is 0 Å². The van der Waals surface area contributed by atoms with Gasteiger partial charge in [-0.1, -0.05) is 0 Å². The number of hydrogen-bond acceptors (Lipinski definition) is 1. The van der Waals surface area contributed by atoms with Crippen LogP contribution in [-0.2, 0) is 4.79 Å². The minimum Gasteiger partial charge on any atom is -0.353 e. The average molecular weight is 163 g/mol. The van der Waals surface area contributed by atoms with Crippen molar-refractivity contribution in [3.05, 3.63) is 0 Å². The van der Waals surface area contributed by atoms with Crippen LogP contribution in [0.15, 0.2) is 0 Å². The monoisotopic (exact) mass is 163 g/mol. The number of carbonyl (C=O) groups is 1. The van der Waals surface area contributed by atoms with E-state index < -0.39 is 5.92 Å². The normalized spacial score (nSPS) is 28.5. The minimum absolute atomic E-state index is 0.0993. The fourth-order valence-corrected chi connectivity index (χ4v) is 1.36. The lowest BCUT2D eigenvalue weighted by Crippen LogP contribution is -2.31. The van der Waals surface area contributed by atoms with Crippen molar-refractivity contribution in [2.75, 3.05) is 0 Å². The van der Waals surface area contributed by atoms with Gasteiger partial charge in [0.15, 0.2) is 0 Å². The van der Waals surface area contributed by atoms with Gasteiger partial charge in [-0.25, -0.2) is 8.78 Å². The predicted molar refractivity (Wildman–Crippen MR) is 36.4 cm³/mol. The van der Waals surface area contributed by atoms with E-state index in [1.807, 2.05) is 0 Å². The first-order valence-electron chi connectivity index (χ1n) is 3.64. The predicted octanol–water partition coefficient (Wildman–Crippen LogP) is 1.31. The summed E-state index contributed by atoms with van der Waals surface area (Å²) in [5.41, 5.74) is 0. The fraction of sp³-hybridized carbons (Fsp3) is 0.857. The topological polar surface area (TPSA) is 29.1 Å². The maximum Gasteiger partial charge on any atom is 0.250 e. The minimum atomic E-state index is -2.56. The molecule has 0 aliphatic heterocycles. The summed E-state index contributed by atoms with van der Waals surface area (Å²) in [6.45, 7) is 1.34. The fourth-order valence-electron chi connectivity index (χ4n) is 1.36. The van der Waals surface area contributed by atoms with E-state index in [1.54, 1.807) is 0 Å². The van der Waals surface area contributed by atoms with Crippen LogP contribution in [0.1, 0.15) is 26.2 Å². The van der Waals surface area contributed by atoms with Gasteiger partial charge in [-0.15, -0.1) is 0 Å². The smallest absolute Gasteiger partial charge is 0.250 e. The van der Waals surface area contributed by atoms with E-state index in [2.05, 4.69) is 5.32 Å². The van der Waals surface area contributed by atoms with Crippen molar-refractivity contribution in [2.45, 2.75) is 38.2 Å². The van der Waals surface area contributed by atoms with Crippen LogP contribution >= 0.6 is 0 Å². The molecule has 2 nitrogen and oxygen atoms in total. The van der Waals surface area contributed by atoms with Crippen molar-refractivity contribution in [2.24, 2.45) is 0 Å². The Morgan fingerprint density at radius 1 is 1.64 bits per heavy atom. The first kappa shape index (κ1) is 8.43. The SMILES string of the molecule is CC(=O)NC1CCC(F)(F)C1. The highest BCUT2D eigenvalue weighted by molar-refractivity contribution is 5.73. The summed E-state index contributed by atoms with van der Waals surface area (Å²) < 4.78 is 25.0. The maximum absolute atomic E-state index is 12.5. The molecule has 1 N–H and O–H groups in total. The van der Waals surface area contributed by atoms with Crippen LogP contribution in [0, 0.1) is 0 Å². The third-order valence-electron chi connectivity index (χ3n) is 1.81. The molecule has 1 saturated carbocycles. The second-order valence-corrected chi connectivity index (χ2v) is 3.00. The first-order chi connectivity index (χ1) is 4.99. The summed E-state index contributed by atoms with van der Waals surface area (Å²) in [7, 11) is 0. The van der Waals surface area contributed by atoms with E-state index in [0.29, 0.717) is 6.42 Å². The Labute approximate surface area is 64.0 Å². The molecular formula is C7H11F2NO. The molecule has 0 radical (unpaired) electrons. The highest BCUT2D eigenvalue weighted by Gasteiger charge is 2.39. The van der Waals surface area contributed by atoms with E-state index in [0.717, 1.165) is 0 Å². The Morgan fingerprint density at radius 3 is 2.64 bits per heavy atom. The van der Waals surface area contributed by atoms with Crippen molar-refractivity contribution in [1.82, 2.24) is 5.32 Å². The Morgan fingerprint density at radius 2 is 2.27 bits per heavy atom. The van der Waals surface area contributed by atoms with Gasteiger partial charge < -0.3 is 5.32 Å². The number of halogens is 2. The quantitative estimate of drug-likeness (QED) is 0.620. The zero-order valence-electron chi connectivity index (χ0n) is 6.36. The van der Waals surface area contributed by atoms with Crippen LogP contribution < -0.4 is 5.32 Å². The van der Waals surface area contributed by atoms with Crippen molar-refractivity contribution >= 4 is 5.91 Å². The Balaban J connectivity index is 2.36. The van der Waals surface area contributed by atoms with Crippen LogP contribution in [0.2, 0.25) is 0 Å². The molecule has 0 aromatic rings. The molecule has 0 aromatic carbocycles. The first-order valence-corrected chi connectivity index (χ1v) is 3.64. The summed E-state index contributed by atoms with van der Waals surface area (Å²) >= 11 is 0. The number of alkyl halides is 2. The summed E-state index contributed by atoms with van der Waals surface area (Å²) in [6, 6.07) is -0.317. The molecular weight excluding hydrogens is 152 g/mol. The summed E-state index contributed by atoms with van der Waals surface area (Å²) in [4.78, 5) is 10.5. The number of carbonyl (C=O) groups excluding carboxylic acids is 1. The van der Waals surface area contributed by atoms with Crippen LogP contribution in [0.25, 0.3) is 0 Å². The second-order valence-electron chi connectivity index (χ2n) is 3.00. The van der Waals surface area contributed by atoms with Gasteiger partial charge in [0, 0.05) is 25.8 Å². The van der Waals surface area contributed by atoms with Gasteiger partial charge in [0.1, 0.15) is 0 Å². The zero-order chi connectivity index (χ0) is 8.48.